The van der Waals surface area contributed by atoms with Gasteiger partial charge in [0.15, 0.2) is 0 Å². The number of carbonyl (C=O) groups excluding carboxylic acids is 1. The Bertz CT molecular complexity index is 993. The van der Waals surface area contributed by atoms with E-state index in [2.05, 4.69) is 15.2 Å². The molecule has 0 saturated carbocycles. The molecule has 0 fully saturated rings. The number of aromatic nitrogens is 1. The molecule has 0 saturated heterocycles. The Morgan fingerprint density at radius 3 is 2.71 bits per heavy atom. The third-order valence-corrected chi connectivity index (χ3v) is 4.90. The molecule has 1 amide bonds. The number of hydrazine groups is 1. The summed E-state index contributed by atoms with van der Waals surface area (Å²) >= 11 is 0. The molecule has 0 bridgehead atoms. The second kappa shape index (κ2) is 6.46. The largest absolute Gasteiger partial charge is 0.361 e. The quantitative estimate of drug-likeness (QED) is 0.619. The molecule has 0 aliphatic rings. The molecule has 24 heavy (non-hydrogen) atoms. The Labute approximate surface area is 139 Å². The minimum absolute atomic E-state index is 0.0698. The molecule has 0 unspecified atom stereocenters. The standard InChI is InChI=1S/C17H17N3O3S/c1-12-5-4-6-14(9-12)24(22,23)20-19-17(21)10-13-11-18-16-8-3-2-7-15(13)16/h2-9,11,18,20H,10H2,1H3,(H,19,21). The van der Waals surface area contributed by atoms with Gasteiger partial charge in [-0.2, -0.15) is 0 Å². The van der Waals surface area contributed by atoms with Crippen molar-refractivity contribution in [1.29, 1.82) is 0 Å². The first-order chi connectivity index (χ1) is 11.5. The highest BCUT2D eigenvalue weighted by Gasteiger charge is 2.16. The highest BCUT2D eigenvalue weighted by molar-refractivity contribution is 7.89. The SMILES string of the molecule is Cc1cccc(S(=O)(=O)NNC(=O)Cc2c[nH]c3ccccc23)c1. The number of fused-ring (bicyclic) bond motifs is 1. The van der Waals surface area contributed by atoms with Gasteiger partial charge in [0.25, 0.3) is 10.0 Å². The van der Waals surface area contributed by atoms with Crippen LogP contribution in [0.2, 0.25) is 0 Å². The lowest BCUT2D eigenvalue weighted by Gasteiger charge is -2.08. The number of amides is 1. The Morgan fingerprint density at radius 2 is 1.92 bits per heavy atom. The fraction of sp³-hybridized carbons (Fsp3) is 0.118. The third kappa shape index (κ3) is 3.47. The van der Waals surface area contributed by atoms with Crippen LogP contribution >= 0.6 is 0 Å². The lowest BCUT2D eigenvalue weighted by Crippen LogP contribution is -2.42. The summed E-state index contributed by atoms with van der Waals surface area (Å²) < 4.78 is 24.3. The van der Waals surface area contributed by atoms with Crippen molar-refractivity contribution in [3.05, 3.63) is 65.9 Å². The molecule has 6 nitrogen and oxygen atoms in total. The van der Waals surface area contributed by atoms with Gasteiger partial charge in [0.1, 0.15) is 0 Å². The van der Waals surface area contributed by atoms with Gasteiger partial charge in [-0.05, 0) is 36.2 Å². The van der Waals surface area contributed by atoms with Gasteiger partial charge in [-0.25, -0.2) is 8.42 Å². The lowest BCUT2D eigenvalue weighted by molar-refractivity contribution is -0.120. The van der Waals surface area contributed by atoms with Crippen molar-refractivity contribution in [2.75, 3.05) is 0 Å². The molecular weight excluding hydrogens is 326 g/mol. The summed E-state index contributed by atoms with van der Waals surface area (Å²) in [5, 5.41) is 0.939. The summed E-state index contributed by atoms with van der Waals surface area (Å²) in [6.45, 7) is 1.80. The highest BCUT2D eigenvalue weighted by Crippen LogP contribution is 2.18. The second-order valence-corrected chi connectivity index (χ2v) is 7.19. The van der Waals surface area contributed by atoms with Crippen LogP contribution in [0.5, 0.6) is 0 Å². The summed E-state index contributed by atoms with van der Waals surface area (Å²) in [6.07, 6.45) is 1.82. The zero-order valence-electron chi connectivity index (χ0n) is 13.0. The van der Waals surface area contributed by atoms with Gasteiger partial charge in [-0.15, -0.1) is 4.83 Å². The molecule has 3 aromatic rings. The van der Waals surface area contributed by atoms with Crippen molar-refractivity contribution in [3.8, 4) is 0 Å². The molecule has 3 rings (SSSR count). The smallest absolute Gasteiger partial charge is 0.257 e. The van der Waals surface area contributed by atoms with Crippen molar-refractivity contribution >= 4 is 26.8 Å². The fourth-order valence-corrected chi connectivity index (χ4v) is 3.43. The minimum atomic E-state index is -3.79. The summed E-state index contributed by atoms with van der Waals surface area (Å²) in [6, 6.07) is 14.1. The summed E-state index contributed by atoms with van der Waals surface area (Å²) in [4.78, 5) is 17.4. The maximum absolute atomic E-state index is 12.2. The Morgan fingerprint density at radius 1 is 1.12 bits per heavy atom. The van der Waals surface area contributed by atoms with E-state index in [4.69, 9.17) is 0 Å². The van der Waals surface area contributed by atoms with Crippen LogP contribution in [0.4, 0.5) is 0 Å². The van der Waals surface area contributed by atoms with Gasteiger partial charge in [0, 0.05) is 17.1 Å². The predicted octanol–water partition coefficient (Wildman–Crippen LogP) is 2.03. The molecule has 0 radical (unpaired) electrons. The molecule has 124 valence electrons. The number of nitrogens with one attached hydrogen (secondary N) is 3. The van der Waals surface area contributed by atoms with E-state index in [-0.39, 0.29) is 11.3 Å². The van der Waals surface area contributed by atoms with E-state index in [1.165, 1.54) is 12.1 Å². The van der Waals surface area contributed by atoms with Gasteiger partial charge in [0.05, 0.1) is 11.3 Å². The van der Waals surface area contributed by atoms with E-state index in [0.717, 1.165) is 22.0 Å². The molecule has 0 spiro atoms. The van der Waals surface area contributed by atoms with Crippen molar-refractivity contribution in [2.45, 2.75) is 18.2 Å². The molecule has 0 aliphatic carbocycles. The van der Waals surface area contributed by atoms with Crippen LogP contribution in [0.15, 0.2) is 59.6 Å². The van der Waals surface area contributed by atoms with Crippen LogP contribution in [0.25, 0.3) is 10.9 Å². The minimum Gasteiger partial charge on any atom is -0.361 e. The van der Waals surface area contributed by atoms with Crippen LogP contribution in [0.1, 0.15) is 11.1 Å². The monoisotopic (exact) mass is 343 g/mol. The van der Waals surface area contributed by atoms with Crippen molar-refractivity contribution in [1.82, 2.24) is 15.2 Å². The first kappa shape index (κ1) is 16.2. The van der Waals surface area contributed by atoms with E-state index in [1.807, 2.05) is 24.3 Å². The van der Waals surface area contributed by atoms with Crippen LogP contribution in [-0.2, 0) is 21.2 Å². The Kier molecular flexibility index (Phi) is 4.37. The highest BCUT2D eigenvalue weighted by atomic mass is 32.2. The van der Waals surface area contributed by atoms with E-state index in [0.29, 0.717) is 0 Å². The number of carbonyl (C=O) groups is 1. The number of sulfonamides is 1. The van der Waals surface area contributed by atoms with Crippen LogP contribution in [0.3, 0.4) is 0 Å². The summed E-state index contributed by atoms with van der Waals surface area (Å²) in [5.74, 6) is -0.434. The molecule has 1 aromatic heterocycles. The van der Waals surface area contributed by atoms with E-state index in [9.17, 15) is 13.2 Å². The van der Waals surface area contributed by atoms with Gasteiger partial charge >= 0.3 is 0 Å². The maximum atomic E-state index is 12.2. The summed E-state index contributed by atoms with van der Waals surface area (Å²) in [7, 11) is -3.79. The average Bonchev–Trinajstić information content (AvgIpc) is 2.96. The first-order valence-electron chi connectivity index (χ1n) is 7.38. The average molecular weight is 343 g/mol. The first-order valence-corrected chi connectivity index (χ1v) is 8.86. The van der Waals surface area contributed by atoms with Gasteiger partial charge in [-0.3, -0.25) is 10.2 Å². The second-order valence-electron chi connectivity index (χ2n) is 5.51. The number of H-pyrrole nitrogens is 1. The molecule has 2 aromatic carbocycles. The molecule has 3 N–H and O–H groups in total. The lowest BCUT2D eigenvalue weighted by atomic mass is 10.1. The number of aromatic amines is 1. The van der Waals surface area contributed by atoms with Crippen molar-refractivity contribution < 1.29 is 13.2 Å². The zero-order chi connectivity index (χ0) is 17.2. The summed E-state index contributed by atoms with van der Waals surface area (Å²) in [5.41, 5.74) is 4.81. The number of aryl methyl sites for hydroxylation is 1. The number of rotatable bonds is 5. The van der Waals surface area contributed by atoms with Gasteiger partial charge < -0.3 is 4.98 Å². The number of para-hydroxylation sites is 1. The van der Waals surface area contributed by atoms with Gasteiger partial charge in [0.2, 0.25) is 5.91 Å². The molecule has 7 heteroatoms. The molecular formula is C17H17N3O3S. The molecule has 0 aliphatic heterocycles. The van der Waals surface area contributed by atoms with Crippen LogP contribution in [0, 0.1) is 6.92 Å². The van der Waals surface area contributed by atoms with Gasteiger partial charge in [-0.1, -0.05) is 30.3 Å². The van der Waals surface area contributed by atoms with Crippen LogP contribution in [-0.4, -0.2) is 19.3 Å². The third-order valence-electron chi connectivity index (χ3n) is 3.65. The van der Waals surface area contributed by atoms with E-state index in [1.54, 1.807) is 25.3 Å². The number of benzene rings is 2. The van der Waals surface area contributed by atoms with E-state index >= 15 is 0 Å². The van der Waals surface area contributed by atoms with Crippen LogP contribution < -0.4 is 10.3 Å². The predicted molar refractivity (Wildman–Crippen MR) is 91.6 cm³/mol. The topological polar surface area (TPSA) is 91.1 Å². The van der Waals surface area contributed by atoms with Crippen molar-refractivity contribution in [2.24, 2.45) is 0 Å². The van der Waals surface area contributed by atoms with E-state index < -0.39 is 15.9 Å². The Balaban J connectivity index is 1.67. The Hall–Kier alpha value is -2.64. The van der Waals surface area contributed by atoms with Crippen molar-refractivity contribution in [3.63, 3.8) is 0 Å². The number of hydrogen-bond donors (Lipinski definition) is 3. The molecule has 0 atom stereocenters. The number of hydrogen-bond acceptors (Lipinski definition) is 3. The molecule has 1 heterocycles. The maximum Gasteiger partial charge on any atom is 0.257 e. The normalized spacial score (nSPS) is 11.5. The fourth-order valence-electron chi connectivity index (χ4n) is 2.46. The zero-order valence-corrected chi connectivity index (χ0v) is 13.9.